The van der Waals surface area contributed by atoms with Crippen molar-refractivity contribution in [1.29, 1.82) is 0 Å². The normalized spacial score (nSPS) is 12.2. The van der Waals surface area contributed by atoms with Crippen LogP contribution in [0.3, 0.4) is 0 Å². The summed E-state index contributed by atoms with van der Waals surface area (Å²) in [6.07, 6.45) is 5.60. The third kappa shape index (κ3) is 3.41. The summed E-state index contributed by atoms with van der Waals surface area (Å²) in [5.41, 5.74) is 16.0. The lowest BCUT2D eigenvalue weighted by Gasteiger charge is -2.07. The average molecular weight is 349 g/mol. The highest BCUT2D eigenvalue weighted by atomic mass is 19.1. The van der Waals surface area contributed by atoms with Crippen LogP contribution in [0.25, 0.3) is 16.9 Å². The van der Waals surface area contributed by atoms with Crippen LogP contribution in [0.2, 0.25) is 0 Å². The van der Waals surface area contributed by atoms with Gasteiger partial charge in [0.15, 0.2) is 0 Å². The van der Waals surface area contributed by atoms with Gasteiger partial charge in [0.25, 0.3) is 0 Å². The number of nitrogens with zero attached hydrogens (tertiary/aromatic N) is 3. The summed E-state index contributed by atoms with van der Waals surface area (Å²) in [6.45, 7) is 5.98. The number of fused-ring (bicyclic) bond motifs is 1. The fourth-order valence-corrected chi connectivity index (χ4v) is 2.75. The van der Waals surface area contributed by atoms with E-state index < -0.39 is 0 Å². The van der Waals surface area contributed by atoms with Crippen molar-refractivity contribution in [3.63, 3.8) is 0 Å². The molecule has 0 aliphatic rings. The first-order chi connectivity index (χ1) is 12.5. The van der Waals surface area contributed by atoms with Crippen LogP contribution in [-0.2, 0) is 6.54 Å². The van der Waals surface area contributed by atoms with Crippen molar-refractivity contribution >= 4 is 11.4 Å². The molecule has 26 heavy (non-hydrogen) atoms. The third-order valence-electron chi connectivity index (χ3n) is 3.88. The van der Waals surface area contributed by atoms with Crippen molar-refractivity contribution in [2.75, 3.05) is 0 Å². The molecule has 0 unspecified atom stereocenters. The maximum atomic E-state index is 13.4. The highest BCUT2D eigenvalue weighted by Crippen LogP contribution is 2.26. The number of aromatic nitrogens is 2. The monoisotopic (exact) mass is 349 g/mol. The molecule has 0 saturated heterocycles. The van der Waals surface area contributed by atoms with Gasteiger partial charge in [-0.15, -0.1) is 0 Å². The van der Waals surface area contributed by atoms with Gasteiger partial charge in [0.1, 0.15) is 17.3 Å². The van der Waals surface area contributed by atoms with Crippen molar-refractivity contribution < 1.29 is 4.39 Å². The van der Waals surface area contributed by atoms with Crippen molar-refractivity contribution in [1.82, 2.24) is 9.38 Å². The first-order valence-electron chi connectivity index (χ1n) is 8.16. The fourth-order valence-electron chi connectivity index (χ4n) is 2.75. The van der Waals surface area contributed by atoms with Gasteiger partial charge in [0.2, 0.25) is 0 Å². The molecule has 0 aliphatic carbocycles. The summed E-state index contributed by atoms with van der Waals surface area (Å²) in [5, 5.41) is 0. The van der Waals surface area contributed by atoms with Crippen LogP contribution in [0.15, 0.2) is 72.1 Å². The molecule has 1 aromatic carbocycles. The van der Waals surface area contributed by atoms with E-state index in [0.29, 0.717) is 18.0 Å². The third-order valence-corrected chi connectivity index (χ3v) is 3.88. The van der Waals surface area contributed by atoms with Crippen LogP contribution in [0, 0.1) is 5.82 Å². The van der Waals surface area contributed by atoms with Gasteiger partial charge < -0.3 is 11.5 Å². The molecule has 5 nitrogen and oxygen atoms in total. The molecule has 0 spiro atoms. The second-order valence-corrected chi connectivity index (χ2v) is 5.77. The van der Waals surface area contributed by atoms with Gasteiger partial charge in [-0.25, -0.2) is 14.4 Å². The first kappa shape index (κ1) is 17.6. The zero-order valence-corrected chi connectivity index (χ0v) is 14.5. The second kappa shape index (κ2) is 7.33. The fraction of sp³-hybridized carbons (Fsp3) is 0.100. The van der Waals surface area contributed by atoms with Gasteiger partial charge in [0, 0.05) is 18.3 Å². The molecule has 6 heteroatoms. The molecule has 0 radical (unpaired) electrons. The number of hydrogen-bond donors (Lipinski definition) is 2. The van der Waals surface area contributed by atoms with Gasteiger partial charge in [-0.1, -0.05) is 12.7 Å². The van der Waals surface area contributed by atoms with Crippen LogP contribution in [-0.4, -0.2) is 15.1 Å². The predicted molar refractivity (Wildman–Crippen MR) is 103 cm³/mol. The average Bonchev–Trinajstić information content (AvgIpc) is 3.00. The van der Waals surface area contributed by atoms with E-state index in [1.54, 1.807) is 12.1 Å². The molecule has 132 valence electrons. The number of benzene rings is 1. The molecule has 0 saturated carbocycles. The molecule has 0 bridgehead atoms. The number of allylic oxidation sites excluding steroid dienone is 2. The SMILES string of the molecule is C=C(N)/N=C(\C=C/C)c1c(-c2ccc(F)cc2)nc2cc(CN)ccn12. The Hall–Kier alpha value is -3.25. The zero-order chi connectivity index (χ0) is 18.7. The largest absolute Gasteiger partial charge is 0.384 e. The van der Waals surface area contributed by atoms with Crippen molar-refractivity contribution in [3.05, 3.63) is 84.2 Å². The van der Waals surface area contributed by atoms with E-state index in [0.717, 1.165) is 22.5 Å². The van der Waals surface area contributed by atoms with Crippen LogP contribution in [0.4, 0.5) is 4.39 Å². The topological polar surface area (TPSA) is 81.7 Å². The molecular formula is C20H20FN5. The minimum Gasteiger partial charge on any atom is -0.384 e. The molecule has 0 fully saturated rings. The molecule has 0 amide bonds. The minimum atomic E-state index is -0.304. The number of nitrogens with two attached hydrogens (primary N) is 2. The molecule has 3 rings (SSSR count). The van der Waals surface area contributed by atoms with Gasteiger partial charge in [-0.3, -0.25) is 4.40 Å². The van der Waals surface area contributed by atoms with Gasteiger partial charge >= 0.3 is 0 Å². The number of rotatable bonds is 5. The van der Waals surface area contributed by atoms with E-state index in [1.807, 2.05) is 41.8 Å². The smallest absolute Gasteiger partial charge is 0.138 e. The van der Waals surface area contributed by atoms with E-state index in [-0.39, 0.29) is 11.6 Å². The molecule has 0 aliphatic heterocycles. The van der Waals surface area contributed by atoms with E-state index in [1.165, 1.54) is 12.1 Å². The molecule has 2 aromatic heterocycles. The van der Waals surface area contributed by atoms with Crippen LogP contribution < -0.4 is 11.5 Å². The lowest BCUT2D eigenvalue weighted by atomic mass is 10.1. The van der Waals surface area contributed by atoms with E-state index in [4.69, 9.17) is 16.5 Å². The van der Waals surface area contributed by atoms with Crippen molar-refractivity contribution in [3.8, 4) is 11.3 Å². The summed E-state index contributed by atoms with van der Waals surface area (Å²) in [6, 6.07) is 10.0. The number of halogens is 1. The lowest BCUT2D eigenvalue weighted by molar-refractivity contribution is 0.628. The Balaban J connectivity index is 2.34. The summed E-state index contributed by atoms with van der Waals surface area (Å²) < 4.78 is 15.3. The lowest BCUT2D eigenvalue weighted by Crippen LogP contribution is -2.07. The zero-order valence-electron chi connectivity index (χ0n) is 14.5. The van der Waals surface area contributed by atoms with Gasteiger partial charge in [0.05, 0.1) is 17.1 Å². The number of hydrogen-bond acceptors (Lipinski definition) is 4. The molecular weight excluding hydrogens is 329 g/mol. The van der Waals surface area contributed by atoms with Crippen LogP contribution in [0.5, 0.6) is 0 Å². The standard InChI is InChI=1S/C20H20FN5/c1-3-4-17(24-13(2)23)20-19(15-5-7-16(21)8-6-15)25-18-11-14(12-22)9-10-26(18)20/h3-11H,2,12,22-23H2,1H3/b4-3-,24-17+. The Morgan fingerprint density at radius 3 is 2.65 bits per heavy atom. The maximum absolute atomic E-state index is 13.4. The Morgan fingerprint density at radius 2 is 2.04 bits per heavy atom. The second-order valence-electron chi connectivity index (χ2n) is 5.77. The molecule has 4 N–H and O–H groups in total. The highest BCUT2D eigenvalue weighted by Gasteiger charge is 2.18. The first-order valence-corrected chi connectivity index (χ1v) is 8.16. The summed E-state index contributed by atoms with van der Waals surface area (Å²) in [7, 11) is 0. The van der Waals surface area contributed by atoms with E-state index in [2.05, 4.69) is 11.6 Å². The summed E-state index contributed by atoms with van der Waals surface area (Å²) in [5.74, 6) is -0.112. The van der Waals surface area contributed by atoms with E-state index >= 15 is 0 Å². The Bertz CT molecular complexity index is 1010. The Kier molecular flexibility index (Phi) is 4.95. The Labute approximate surface area is 151 Å². The number of aliphatic imine (C=N–C) groups is 1. The molecule has 3 aromatic rings. The quantitative estimate of drug-likeness (QED) is 0.693. The van der Waals surface area contributed by atoms with Crippen molar-refractivity contribution in [2.45, 2.75) is 13.5 Å². The van der Waals surface area contributed by atoms with Gasteiger partial charge in [-0.05, 0) is 55.0 Å². The minimum absolute atomic E-state index is 0.191. The van der Waals surface area contributed by atoms with Crippen molar-refractivity contribution in [2.24, 2.45) is 16.5 Å². The molecule has 0 atom stereocenters. The molecule has 2 heterocycles. The number of pyridine rings is 1. The number of imidazole rings is 1. The van der Waals surface area contributed by atoms with Crippen LogP contribution >= 0.6 is 0 Å². The summed E-state index contributed by atoms with van der Waals surface area (Å²) >= 11 is 0. The maximum Gasteiger partial charge on any atom is 0.138 e. The van der Waals surface area contributed by atoms with Crippen LogP contribution in [0.1, 0.15) is 18.2 Å². The predicted octanol–water partition coefficient (Wildman–Crippen LogP) is 3.39. The summed E-state index contributed by atoms with van der Waals surface area (Å²) in [4.78, 5) is 9.09. The van der Waals surface area contributed by atoms with Gasteiger partial charge in [-0.2, -0.15) is 0 Å². The highest BCUT2D eigenvalue weighted by molar-refractivity contribution is 6.12. The van der Waals surface area contributed by atoms with E-state index in [9.17, 15) is 4.39 Å². The Morgan fingerprint density at radius 1 is 1.31 bits per heavy atom.